The molecule has 32 heavy (non-hydrogen) atoms. The Balaban J connectivity index is 1.86. The molecule has 0 saturated heterocycles. The van der Waals surface area contributed by atoms with Crippen molar-refractivity contribution in [2.24, 2.45) is 5.92 Å². The van der Waals surface area contributed by atoms with Crippen LogP contribution in [0.25, 0.3) is 0 Å². The number of carbonyl (C=O) groups excluding carboxylic acids is 2. The van der Waals surface area contributed by atoms with Crippen LogP contribution >= 0.6 is 0 Å². The Kier molecular flexibility index (Phi) is 7.97. The quantitative estimate of drug-likeness (QED) is 0.548. The van der Waals surface area contributed by atoms with Crippen LogP contribution in [0.15, 0.2) is 79.1 Å². The number of anilines is 1. The van der Waals surface area contributed by atoms with Gasteiger partial charge >= 0.3 is 0 Å². The first kappa shape index (κ1) is 23.0. The molecule has 0 aliphatic heterocycles. The maximum Gasteiger partial charge on any atom is 0.247 e. The lowest BCUT2D eigenvalue weighted by Crippen LogP contribution is -2.50. The fourth-order valence-electron chi connectivity index (χ4n) is 3.60. The minimum Gasteiger partial charge on any atom is -0.497 e. The maximum absolute atomic E-state index is 13.4. The largest absolute Gasteiger partial charge is 0.497 e. The lowest BCUT2D eigenvalue weighted by molar-refractivity contribution is -0.140. The Labute approximate surface area is 189 Å². The van der Waals surface area contributed by atoms with Gasteiger partial charge in [0, 0.05) is 24.6 Å². The van der Waals surface area contributed by atoms with Gasteiger partial charge in [-0.05, 0) is 47.4 Å². The molecule has 166 valence electrons. The van der Waals surface area contributed by atoms with Crippen LogP contribution in [0.4, 0.5) is 5.69 Å². The van der Waals surface area contributed by atoms with Gasteiger partial charge in [-0.1, -0.05) is 50.2 Å². The van der Waals surface area contributed by atoms with Crippen molar-refractivity contribution >= 4 is 17.5 Å². The molecule has 1 N–H and O–H groups in total. The van der Waals surface area contributed by atoms with Crippen molar-refractivity contribution in [2.45, 2.75) is 32.9 Å². The molecule has 0 aliphatic carbocycles. The van der Waals surface area contributed by atoms with E-state index in [0.29, 0.717) is 18.0 Å². The zero-order chi connectivity index (χ0) is 22.9. The third-order valence-corrected chi connectivity index (χ3v) is 5.19. The molecule has 0 aliphatic rings. The molecule has 0 saturated carbocycles. The van der Waals surface area contributed by atoms with Gasteiger partial charge in [0.15, 0.2) is 0 Å². The number of amides is 2. The van der Waals surface area contributed by atoms with Crippen molar-refractivity contribution in [3.05, 3.63) is 90.3 Å². The van der Waals surface area contributed by atoms with Crippen LogP contribution in [0.3, 0.4) is 0 Å². The molecule has 2 amide bonds. The van der Waals surface area contributed by atoms with Gasteiger partial charge in [-0.3, -0.25) is 14.6 Å². The SMILES string of the molecule is COc1ccc(NC(=O)C(C(C)C)N(Cc2cccnc2)C(=O)Cc2ccccc2)cc1. The van der Waals surface area contributed by atoms with Crippen molar-refractivity contribution < 1.29 is 14.3 Å². The lowest BCUT2D eigenvalue weighted by atomic mass is 9.99. The first-order valence-corrected chi connectivity index (χ1v) is 10.6. The first-order chi connectivity index (χ1) is 15.5. The number of ether oxygens (including phenoxy) is 1. The van der Waals surface area contributed by atoms with E-state index in [4.69, 9.17) is 4.74 Å². The second-order valence-corrected chi connectivity index (χ2v) is 7.95. The number of nitrogens with one attached hydrogen (secondary N) is 1. The Hall–Kier alpha value is -3.67. The number of benzene rings is 2. The van der Waals surface area contributed by atoms with Crippen LogP contribution in [0.5, 0.6) is 5.75 Å². The zero-order valence-electron chi connectivity index (χ0n) is 18.7. The van der Waals surface area contributed by atoms with Gasteiger partial charge in [0.1, 0.15) is 11.8 Å². The van der Waals surface area contributed by atoms with Gasteiger partial charge in [0.2, 0.25) is 11.8 Å². The van der Waals surface area contributed by atoms with Crippen LogP contribution in [-0.2, 0) is 22.6 Å². The van der Waals surface area contributed by atoms with E-state index in [9.17, 15) is 9.59 Å². The van der Waals surface area contributed by atoms with Gasteiger partial charge < -0.3 is 15.0 Å². The molecule has 6 nitrogen and oxygen atoms in total. The summed E-state index contributed by atoms with van der Waals surface area (Å²) in [5, 5.41) is 2.96. The number of aromatic nitrogens is 1. The normalized spacial score (nSPS) is 11.6. The van der Waals surface area contributed by atoms with Crippen molar-refractivity contribution in [3.63, 3.8) is 0 Å². The van der Waals surface area contributed by atoms with Gasteiger partial charge in [-0.15, -0.1) is 0 Å². The molecule has 1 heterocycles. The van der Waals surface area contributed by atoms with E-state index in [-0.39, 0.29) is 24.2 Å². The molecule has 3 aromatic rings. The molecular weight excluding hydrogens is 402 g/mol. The summed E-state index contributed by atoms with van der Waals surface area (Å²) in [5.74, 6) is 0.281. The second kappa shape index (κ2) is 11.1. The van der Waals surface area contributed by atoms with Crippen LogP contribution in [-0.4, -0.2) is 34.8 Å². The predicted octanol–water partition coefficient (Wildman–Crippen LogP) is 4.32. The molecule has 0 spiro atoms. The van der Waals surface area contributed by atoms with Crippen molar-refractivity contribution in [1.82, 2.24) is 9.88 Å². The van der Waals surface area contributed by atoms with E-state index in [2.05, 4.69) is 10.3 Å². The summed E-state index contributed by atoms with van der Waals surface area (Å²) in [6.07, 6.45) is 3.64. The highest BCUT2D eigenvalue weighted by atomic mass is 16.5. The number of pyridine rings is 1. The summed E-state index contributed by atoms with van der Waals surface area (Å²) < 4.78 is 5.18. The third kappa shape index (κ3) is 6.17. The Morgan fingerprint density at radius 1 is 0.969 bits per heavy atom. The summed E-state index contributed by atoms with van der Waals surface area (Å²) in [4.78, 5) is 32.6. The average molecular weight is 432 g/mol. The monoisotopic (exact) mass is 431 g/mol. The fraction of sp³-hybridized carbons (Fsp3) is 0.269. The smallest absolute Gasteiger partial charge is 0.247 e. The topological polar surface area (TPSA) is 71.5 Å². The third-order valence-electron chi connectivity index (χ3n) is 5.19. The molecular formula is C26H29N3O3. The van der Waals surface area contributed by atoms with E-state index in [1.807, 2.05) is 56.3 Å². The average Bonchev–Trinajstić information content (AvgIpc) is 2.80. The van der Waals surface area contributed by atoms with Gasteiger partial charge in [-0.25, -0.2) is 0 Å². The van der Waals surface area contributed by atoms with Gasteiger partial charge in [-0.2, -0.15) is 0 Å². The van der Waals surface area contributed by atoms with E-state index in [1.54, 1.807) is 48.7 Å². The highest BCUT2D eigenvalue weighted by molar-refractivity contribution is 5.97. The van der Waals surface area contributed by atoms with E-state index in [0.717, 1.165) is 11.1 Å². The Morgan fingerprint density at radius 3 is 2.25 bits per heavy atom. The highest BCUT2D eigenvalue weighted by Crippen LogP contribution is 2.21. The molecule has 1 unspecified atom stereocenters. The van der Waals surface area contributed by atoms with E-state index in [1.165, 1.54) is 0 Å². The number of methoxy groups -OCH3 is 1. The summed E-state index contributed by atoms with van der Waals surface area (Å²) in [7, 11) is 1.59. The Bertz CT molecular complexity index is 1010. The lowest BCUT2D eigenvalue weighted by Gasteiger charge is -2.33. The highest BCUT2D eigenvalue weighted by Gasteiger charge is 2.32. The number of rotatable bonds is 9. The Morgan fingerprint density at radius 2 is 1.66 bits per heavy atom. The van der Waals surface area contributed by atoms with E-state index < -0.39 is 6.04 Å². The van der Waals surface area contributed by atoms with E-state index >= 15 is 0 Å². The number of hydrogen-bond acceptors (Lipinski definition) is 4. The van der Waals surface area contributed by atoms with Gasteiger partial charge in [0.25, 0.3) is 0 Å². The predicted molar refractivity (Wildman–Crippen MR) is 125 cm³/mol. The molecule has 3 rings (SSSR count). The van der Waals surface area contributed by atoms with Crippen LogP contribution < -0.4 is 10.1 Å². The van der Waals surface area contributed by atoms with Crippen molar-refractivity contribution in [2.75, 3.05) is 12.4 Å². The molecule has 1 aromatic heterocycles. The molecule has 1 atom stereocenters. The van der Waals surface area contributed by atoms with Crippen LogP contribution in [0.1, 0.15) is 25.0 Å². The minimum absolute atomic E-state index is 0.0929. The number of carbonyl (C=O) groups is 2. The molecule has 0 bridgehead atoms. The summed E-state index contributed by atoms with van der Waals surface area (Å²) in [6, 6.07) is 19.8. The second-order valence-electron chi connectivity index (χ2n) is 7.95. The molecule has 0 radical (unpaired) electrons. The standard InChI is InChI=1S/C26H29N3O3/c1-19(2)25(26(31)28-22-11-13-23(32-3)14-12-22)29(18-21-10-7-15-27-17-21)24(30)16-20-8-5-4-6-9-20/h4-15,17,19,25H,16,18H2,1-3H3,(H,28,31). The number of nitrogens with zero attached hydrogens (tertiary/aromatic N) is 2. The maximum atomic E-state index is 13.4. The fourth-order valence-corrected chi connectivity index (χ4v) is 3.60. The van der Waals surface area contributed by atoms with Crippen molar-refractivity contribution in [3.8, 4) is 5.75 Å². The van der Waals surface area contributed by atoms with Crippen LogP contribution in [0, 0.1) is 5.92 Å². The number of hydrogen-bond donors (Lipinski definition) is 1. The van der Waals surface area contributed by atoms with Crippen molar-refractivity contribution in [1.29, 1.82) is 0 Å². The summed E-state index contributed by atoms with van der Waals surface area (Å²) in [6.45, 7) is 4.20. The first-order valence-electron chi connectivity index (χ1n) is 10.6. The molecule has 6 heteroatoms. The summed E-state index contributed by atoms with van der Waals surface area (Å²) in [5.41, 5.74) is 2.43. The minimum atomic E-state index is -0.645. The van der Waals surface area contributed by atoms with Crippen LogP contribution in [0.2, 0.25) is 0 Å². The molecule has 0 fully saturated rings. The molecule has 2 aromatic carbocycles. The summed E-state index contributed by atoms with van der Waals surface area (Å²) >= 11 is 0. The zero-order valence-corrected chi connectivity index (χ0v) is 18.7. The van der Waals surface area contributed by atoms with Gasteiger partial charge in [0.05, 0.1) is 13.5 Å².